The summed E-state index contributed by atoms with van der Waals surface area (Å²) in [7, 11) is -2.06. The fraction of sp³-hybridized carbons (Fsp3) is 0.857. The highest BCUT2D eigenvalue weighted by molar-refractivity contribution is 14.0. The summed E-state index contributed by atoms with van der Waals surface area (Å²) in [6.45, 7) is 2.06. The van der Waals surface area contributed by atoms with Gasteiger partial charge in [0.2, 0.25) is 5.91 Å². The van der Waals surface area contributed by atoms with E-state index in [1.807, 2.05) is 6.92 Å². The van der Waals surface area contributed by atoms with Gasteiger partial charge < -0.3 is 15.5 Å². The SMILES string of the molecule is CCCNC(=NCC(=O)N(C)C)NC1CCN(S(=O)(=O)C(F)(F)F)CC1.I. The summed E-state index contributed by atoms with van der Waals surface area (Å²) in [6, 6.07) is -0.229. The van der Waals surface area contributed by atoms with Crippen molar-refractivity contribution < 1.29 is 26.4 Å². The molecule has 13 heteroatoms. The molecule has 0 atom stereocenters. The molecule has 160 valence electrons. The summed E-state index contributed by atoms with van der Waals surface area (Å²) in [5, 5.41) is 6.09. The van der Waals surface area contributed by atoms with Crippen molar-refractivity contribution in [1.29, 1.82) is 0 Å². The lowest BCUT2D eigenvalue weighted by molar-refractivity contribution is -0.127. The Kier molecular flexibility index (Phi) is 10.9. The highest BCUT2D eigenvalue weighted by Crippen LogP contribution is 2.28. The Balaban J connectivity index is 0.00000676. The Morgan fingerprint density at radius 1 is 1.26 bits per heavy atom. The molecule has 1 heterocycles. The number of nitrogens with zero attached hydrogens (tertiary/aromatic N) is 3. The number of amides is 1. The zero-order valence-corrected chi connectivity index (χ0v) is 18.7. The van der Waals surface area contributed by atoms with Gasteiger partial charge in [-0.1, -0.05) is 6.92 Å². The minimum atomic E-state index is -5.29. The molecule has 0 aromatic heterocycles. The maximum Gasteiger partial charge on any atom is 0.511 e. The molecule has 1 rings (SSSR count). The quantitative estimate of drug-likeness (QED) is 0.304. The topological polar surface area (TPSA) is 94.1 Å². The van der Waals surface area contributed by atoms with E-state index in [0.29, 0.717) is 16.8 Å². The molecule has 0 aromatic rings. The molecule has 0 aliphatic carbocycles. The van der Waals surface area contributed by atoms with Crippen molar-refractivity contribution in [3.63, 3.8) is 0 Å². The van der Waals surface area contributed by atoms with Crippen LogP contribution in [0, 0.1) is 0 Å². The lowest BCUT2D eigenvalue weighted by Crippen LogP contribution is -2.51. The Labute approximate surface area is 175 Å². The molecule has 0 radical (unpaired) electrons. The van der Waals surface area contributed by atoms with Gasteiger partial charge in [-0.3, -0.25) is 4.79 Å². The van der Waals surface area contributed by atoms with Crippen LogP contribution < -0.4 is 10.6 Å². The molecule has 1 amide bonds. The number of alkyl halides is 3. The van der Waals surface area contributed by atoms with Gasteiger partial charge in [-0.25, -0.2) is 13.4 Å². The predicted octanol–water partition coefficient (Wildman–Crippen LogP) is 0.952. The Morgan fingerprint density at radius 2 is 1.81 bits per heavy atom. The number of hydrogen-bond donors (Lipinski definition) is 2. The van der Waals surface area contributed by atoms with E-state index in [0.717, 1.165) is 6.42 Å². The van der Waals surface area contributed by atoms with Gasteiger partial charge in [0, 0.05) is 39.8 Å². The predicted molar refractivity (Wildman–Crippen MR) is 107 cm³/mol. The number of sulfonamides is 1. The molecule has 0 bridgehead atoms. The molecule has 27 heavy (non-hydrogen) atoms. The summed E-state index contributed by atoms with van der Waals surface area (Å²) in [5.41, 5.74) is -5.28. The van der Waals surface area contributed by atoms with Gasteiger partial charge in [0.05, 0.1) is 0 Å². The maximum absolute atomic E-state index is 12.6. The van der Waals surface area contributed by atoms with Crippen LogP contribution in [0.15, 0.2) is 4.99 Å². The van der Waals surface area contributed by atoms with Crippen LogP contribution in [-0.2, 0) is 14.8 Å². The third-order valence-electron chi connectivity index (χ3n) is 3.84. The number of halogens is 4. The monoisotopic (exact) mass is 529 g/mol. The molecule has 1 saturated heterocycles. The van der Waals surface area contributed by atoms with Crippen molar-refractivity contribution in [3.8, 4) is 0 Å². The van der Waals surface area contributed by atoms with Gasteiger partial charge in [-0.05, 0) is 19.3 Å². The Hall–Kier alpha value is -0.830. The average molecular weight is 529 g/mol. The number of nitrogens with one attached hydrogen (secondary N) is 2. The van der Waals surface area contributed by atoms with Gasteiger partial charge in [-0.2, -0.15) is 17.5 Å². The molecular formula is C14H27F3IN5O3S. The zero-order chi connectivity index (χ0) is 20.0. The Morgan fingerprint density at radius 3 is 2.26 bits per heavy atom. The number of aliphatic imine (C=N–C) groups is 1. The molecule has 0 saturated carbocycles. The summed E-state index contributed by atoms with van der Waals surface area (Å²) in [5.74, 6) is 0.202. The van der Waals surface area contributed by atoms with Crippen LogP contribution in [0.2, 0.25) is 0 Å². The van der Waals surface area contributed by atoms with Crippen molar-refractivity contribution in [2.45, 2.75) is 37.7 Å². The summed E-state index contributed by atoms with van der Waals surface area (Å²) < 4.78 is 61.1. The second-order valence-corrected chi connectivity index (χ2v) is 8.08. The first-order valence-corrected chi connectivity index (χ1v) is 9.74. The standard InChI is InChI=1S/C14H26F3N5O3S.HI/c1-4-7-18-13(19-10-12(23)21(2)3)20-11-5-8-22(9-6-11)26(24,25)14(15,16)17;/h11H,4-10H2,1-3H3,(H2,18,19,20);1H. The summed E-state index contributed by atoms with van der Waals surface area (Å²) >= 11 is 0. The van der Waals surface area contributed by atoms with Crippen molar-refractivity contribution in [1.82, 2.24) is 19.8 Å². The van der Waals surface area contributed by atoms with E-state index < -0.39 is 15.5 Å². The fourth-order valence-corrected chi connectivity index (χ4v) is 3.25. The number of carbonyl (C=O) groups is 1. The molecule has 1 aliphatic rings. The third kappa shape index (κ3) is 7.97. The molecular weight excluding hydrogens is 502 g/mol. The number of rotatable bonds is 6. The zero-order valence-electron chi connectivity index (χ0n) is 15.5. The number of hydrogen-bond acceptors (Lipinski definition) is 4. The van der Waals surface area contributed by atoms with E-state index in [9.17, 15) is 26.4 Å². The molecule has 0 unspecified atom stereocenters. The molecule has 2 N–H and O–H groups in total. The minimum Gasteiger partial charge on any atom is -0.356 e. The molecule has 0 aromatic carbocycles. The molecule has 1 fully saturated rings. The van der Waals surface area contributed by atoms with Crippen LogP contribution in [0.25, 0.3) is 0 Å². The third-order valence-corrected chi connectivity index (χ3v) is 5.47. The highest BCUT2D eigenvalue weighted by Gasteiger charge is 2.50. The smallest absolute Gasteiger partial charge is 0.356 e. The average Bonchev–Trinajstić information content (AvgIpc) is 2.56. The van der Waals surface area contributed by atoms with E-state index in [-0.39, 0.29) is 68.4 Å². The first kappa shape index (κ1) is 26.2. The van der Waals surface area contributed by atoms with Crippen LogP contribution in [0.1, 0.15) is 26.2 Å². The minimum absolute atomic E-state index is 0. The normalized spacial score (nSPS) is 17.2. The van der Waals surface area contributed by atoms with Gasteiger partial charge in [0.15, 0.2) is 5.96 Å². The van der Waals surface area contributed by atoms with Crippen molar-refractivity contribution in [2.75, 3.05) is 40.3 Å². The van der Waals surface area contributed by atoms with Crippen molar-refractivity contribution in [3.05, 3.63) is 0 Å². The van der Waals surface area contributed by atoms with Crippen molar-refractivity contribution >= 4 is 45.9 Å². The van der Waals surface area contributed by atoms with Gasteiger partial charge in [-0.15, -0.1) is 24.0 Å². The second-order valence-electron chi connectivity index (χ2n) is 6.15. The van der Waals surface area contributed by atoms with Crippen LogP contribution in [-0.4, -0.2) is 81.3 Å². The lowest BCUT2D eigenvalue weighted by atomic mass is 10.1. The summed E-state index contributed by atoms with van der Waals surface area (Å²) in [6.07, 6.45) is 1.25. The fourth-order valence-electron chi connectivity index (χ4n) is 2.26. The molecule has 0 spiro atoms. The van der Waals surface area contributed by atoms with E-state index in [2.05, 4.69) is 15.6 Å². The number of carbonyl (C=O) groups excluding carboxylic acids is 1. The van der Waals surface area contributed by atoms with Crippen LogP contribution in [0.5, 0.6) is 0 Å². The number of guanidine groups is 1. The molecule has 8 nitrogen and oxygen atoms in total. The second kappa shape index (κ2) is 11.2. The highest BCUT2D eigenvalue weighted by atomic mass is 127. The van der Waals surface area contributed by atoms with Gasteiger partial charge in [0.1, 0.15) is 6.54 Å². The number of likely N-dealkylation sites (N-methyl/N-ethyl adjacent to an activating group) is 1. The van der Waals surface area contributed by atoms with Crippen molar-refractivity contribution in [2.24, 2.45) is 4.99 Å². The first-order chi connectivity index (χ1) is 12.0. The lowest BCUT2D eigenvalue weighted by Gasteiger charge is -2.32. The van der Waals surface area contributed by atoms with E-state index in [1.54, 1.807) is 14.1 Å². The molecule has 1 aliphatic heterocycles. The largest absolute Gasteiger partial charge is 0.511 e. The van der Waals surface area contributed by atoms with Gasteiger partial charge in [0.25, 0.3) is 0 Å². The van der Waals surface area contributed by atoms with Gasteiger partial charge >= 0.3 is 15.5 Å². The van der Waals surface area contributed by atoms with E-state index in [1.165, 1.54) is 4.90 Å². The summed E-state index contributed by atoms with van der Waals surface area (Å²) in [4.78, 5) is 17.2. The van der Waals surface area contributed by atoms with E-state index in [4.69, 9.17) is 0 Å². The van der Waals surface area contributed by atoms with E-state index >= 15 is 0 Å². The van der Waals surface area contributed by atoms with Crippen LogP contribution in [0.4, 0.5) is 13.2 Å². The first-order valence-electron chi connectivity index (χ1n) is 8.30. The maximum atomic E-state index is 12.6. The van der Waals surface area contributed by atoms with Crippen LogP contribution >= 0.6 is 24.0 Å². The van der Waals surface area contributed by atoms with Crippen LogP contribution in [0.3, 0.4) is 0 Å². The number of piperidine rings is 1. The Bertz CT molecular complexity index is 606.